The largest absolute Gasteiger partial charge is 0.508 e. The van der Waals surface area contributed by atoms with E-state index in [9.17, 15) is 15.0 Å². The van der Waals surface area contributed by atoms with Gasteiger partial charge in [-0.25, -0.2) is 9.78 Å². The van der Waals surface area contributed by atoms with Crippen LogP contribution in [-0.4, -0.2) is 43.8 Å². The SMILES string of the molecule is O=C(O)N1CCC(c2ccccc2)(c2nccn2Cc2ccc(O)cc2)CC1. The summed E-state index contributed by atoms with van der Waals surface area (Å²) in [6.07, 6.45) is 4.29. The summed E-state index contributed by atoms with van der Waals surface area (Å²) >= 11 is 0. The molecule has 6 nitrogen and oxygen atoms in total. The molecule has 1 saturated heterocycles. The van der Waals surface area contributed by atoms with Crippen molar-refractivity contribution in [3.63, 3.8) is 0 Å². The van der Waals surface area contributed by atoms with Gasteiger partial charge >= 0.3 is 6.09 Å². The van der Waals surface area contributed by atoms with Crippen LogP contribution < -0.4 is 0 Å². The Labute approximate surface area is 163 Å². The highest BCUT2D eigenvalue weighted by atomic mass is 16.4. The van der Waals surface area contributed by atoms with E-state index in [0.717, 1.165) is 17.0 Å². The molecular weight excluding hydrogens is 354 g/mol. The van der Waals surface area contributed by atoms with Gasteiger partial charge in [0.25, 0.3) is 0 Å². The maximum absolute atomic E-state index is 11.4. The normalized spacial score (nSPS) is 16.1. The van der Waals surface area contributed by atoms with Crippen molar-refractivity contribution in [2.24, 2.45) is 0 Å². The van der Waals surface area contributed by atoms with E-state index in [2.05, 4.69) is 16.7 Å². The van der Waals surface area contributed by atoms with Crippen LogP contribution >= 0.6 is 0 Å². The molecule has 28 heavy (non-hydrogen) atoms. The van der Waals surface area contributed by atoms with Gasteiger partial charge in [-0.15, -0.1) is 0 Å². The second-order valence-electron chi connectivity index (χ2n) is 7.26. The summed E-state index contributed by atoms with van der Waals surface area (Å²) in [7, 11) is 0. The van der Waals surface area contributed by atoms with Crippen LogP contribution in [0.3, 0.4) is 0 Å². The van der Waals surface area contributed by atoms with Crippen molar-refractivity contribution in [1.82, 2.24) is 14.5 Å². The molecule has 3 aromatic rings. The topological polar surface area (TPSA) is 78.6 Å². The van der Waals surface area contributed by atoms with Gasteiger partial charge < -0.3 is 19.7 Å². The van der Waals surface area contributed by atoms with Gasteiger partial charge in [-0.3, -0.25) is 0 Å². The summed E-state index contributed by atoms with van der Waals surface area (Å²) in [6.45, 7) is 1.61. The molecule has 2 heterocycles. The average molecular weight is 377 g/mol. The summed E-state index contributed by atoms with van der Waals surface area (Å²) in [5.41, 5.74) is 1.91. The summed E-state index contributed by atoms with van der Waals surface area (Å²) in [6, 6.07) is 17.4. The molecule has 1 amide bonds. The van der Waals surface area contributed by atoms with Gasteiger partial charge in [-0.1, -0.05) is 42.5 Å². The second-order valence-corrected chi connectivity index (χ2v) is 7.26. The van der Waals surface area contributed by atoms with E-state index >= 15 is 0 Å². The zero-order chi connectivity index (χ0) is 19.6. The number of benzene rings is 2. The van der Waals surface area contributed by atoms with Crippen molar-refractivity contribution in [3.05, 3.63) is 83.9 Å². The molecule has 1 aliphatic heterocycles. The standard InChI is InChI=1S/C22H23N3O3/c26-19-8-6-17(7-9-19)16-25-15-12-23-20(25)22(18-4-2-1-3-5-18)10-13-24(14-11-22)21(27)28/h1-9,12,15,26H,10-11,13-14,16H2,(H,27,28). The van der Waals surface area contributed by atoms with Crippen molar-refractivity contribution in [2.75, 3.05) is 13.1 Å². The Balaban J connectivity index is 1.72. The Morgan fingerprint density at radius 1 is 1.04 bits per heavy atom. The average Bonchev–Trinajstić information content (AvgIpc) is 3.19. The predicted molar refractivity (Wildman–Crippen MR) is 105 cm³/mol. The number of hydrogen-bond acceptors (Lipinski definition) is 3. The maximum atomic E-state index is 11.4. The molecule has 144 valence electrons. The number of aromatic nitrogens is 2. The Bertz CT molecular complexity index is 943. The minimum atomic E-state index is -0.867. The third-order valence-electron chi connectivity index (χ3n) is 5.65. The Morgan fingerprint density at radius 2 is 1.71 bits per heavy atom. The van der Waals surface area contributed by atoms with Gasteiger partial charge in [0.1, 0.15) is 11.6 Å². The number of amides is 1. The first kappa shape index (κ1) is 18.1. The number of carbonyl (C=O) groups is 1. The van der Waals surface area contributed by atoms with Crippen LogP contribution in [0.2, 0.25) is 0 Å². The molecule has 0 aliphatic carbocycles. The highest BCUT2D eigenvalue weighted by molar-refractivity contribution is 5.65. The molecule has 0 spiro atoms. The summed E-state index contributed by atoms with van der Waals surface area (Å²) in [4.78, 5) is 17.6. The van der Waals surface area contributed by atoms with Gasteiger partial charge in [-0.2, -0.15) is 0 Å². The van der Waals surface area contributed by atoms with Crippen molar-refractivity contribution >= 4 is 6.09 Å². The van der Waals surface area contributed by atoms with Crippen LogP contribution in [0.4, 0.5) is 4.79 Å². The first-order valence-electron chi connectivity index (χ1n) is 9.41. The fourth-order valence-corrected chi connectivity index (χ4v) is 4.13. The monoisotopic (exact) mass is 377 g/mol. The quantitative estimate of drug-likeness (QED) is 0.727. The second kappa shape index (κ2) is 7.38. The lowest BCUT2D eigenvalue weighted by molar-refractivity contribution is 0.121. The summed E-state index contributed by atoms with van der Waals surface area (Å²) < 4.78 is 2.13. The molecule has 0 saturated carbocycles. The molecule has 1 fully saturated rings. The molecule has 0 radical (unpaired) electrons. The Hall–Kier alpha value is -3.28. The fraction of sp³-hybridized carbons (Fsp3) is 0.273. The fourth-order valence-electron chi connectivity index (χ4n) is 4.13. The minimum absolute atomic E-state index is 0.247. The van der Waals surface area contributed by atoms with Gasteiger partial charge in [0, 0.05) is 32.0 Å². The third kappa shape index (κ3) is 3.33. The van der Waals surface area contributed by atoms with Crippen LogP contribution in [0.15, 0.2) is 67.0 Å². The molecule has 0 bridgehead atoms. The Morgan fingerprint density at radius 3 is 2.36 bits per heavy atom. The number of rotatable bonds is 4. The number of nitrogens with zero attached hydrogens (tertiary/aromatic N) is 3. The van der Waals surface area contributed by atoms with Gasteiger partial charge in [-0.05, 0) is 36.1 Å². The van der Waals surface area contributed by atoms with Crippen LogP contribution in [0.25, 0.3) is 0 Å². The lowest BCUT2D eigenvalue weighted by Gasteiger charge is -2.41. The minimum Gasteiger partial charge on any atom is -0.508 e. The smallest absolute Gasteiger partial charge is 0.407 e. The number of likely N-dealkylation sites (tertiary alicyclic amines) is 1. The number of hydrogen-bond donors (Lipinski definition) is 2. The molecule has 0 atom stereocenters. The van der Waals surface area contributed by atoms with E-state index in [1.54, 1.807) is 12.1 Å². The highest BCUT2D eigenvalue weighted by Crippen LogP contribution is 2.41. The zero-order valence-corrected chi connectivity index (χ0v) is 15.5. The number of carboxylic acid groups (broad SMARTS) is 1. The molecule has 2 aromatic carbocycles. The highest BCUT2D eigenvalue weighted by Gasteiger charge is 2.42. The van der Waals surface area contributed by atoms with Crippen LogP contribution in [0.1, 0.15) is 29.8 Å². The third-order valence-corrected chi connectivity index (χ3v) is 5.65. The van der Waals surface area contributed by atoms with E-state index in [1.807, 2.05) is 42.7 Å². The van der Waals surface area contributed by atoms with Crippen LogP contribution in [0, 0.1) is 0 Å². The van der Waals surface area contributed by atoms with Crippen molar-refractivity contribution < 1.29 is 15.0 Å². The molecule has 2 N–H and O–H groups in total. The lowest BCUT2D eigenvalue weighted by atomic mass is 9.72. The first-order valence-corrected chi connectivity index (χ1v) is 9.41. The van der Waals surface area contributed by atoms with Crippen LogP contribution in [-0.2, 0) is 12.0 Å². The maximum Gasteiger partial charge on any atom is 0.407 e. The number of phenols is 1. The number of imidazole rings is 1. The van der Waals surface area contributed by atoms with Crippen molar-refractivity contribution in [3.8, 4) is 5.75 Å². The zero-order valence-electron chi connectivity index (χ0n) is 15.5. The number of aromatic hydroxyl groups is 1. The van der Waals surface area contributed by atoms with E-state index in [0.29, 0.717) is 32.5 Å². The van der Waals surface area contributed by atoms with E-state index in [4.69, 9.17) is 4.98 Å². The summed E-state index contributed by atoms with van der Waals surface area (Å²) in [5.74, 6) is 1.20. The van der Waals surface area contributed by atoms with Crippen molar-refractivity contribution in [1.29, 1.82) is 0 Å². The Kier molecular flexibility index (Phi) is 4.77. The number of piperidine rings is 1. The predicted octanol–water partition coefficient (Wildman–Crippen LogP) is 3.70. The summed E-state index contributed by atoms with van der Waals surface area (Å²) in [5, 5.41) is 18.9. The lowest BCUT2D eigenvalue weighted by Crippen LogP contribution is -2.46. The van der Waals surface area contributed by atoms with E-state index in [1.165, 1.54) is 4.90 Å². The first-order chi connectivity index (χ1) is 13.6. The van der Waals surface area contributed by atoms with Gasteiger partial charge in [0.2, 0.25) is 0 Å². The molecule has 1 aliphatic rings. The van der Waals surface area contributed by atoms with Crippen LogP contribution in [0.5, 0.6) is 5.75 Å². The van der Waals surface area contributed by atoms with Crippen molar-refractivity contribution in [2.45, 2.75) is 24.8 Å². The molecular formula is C22H23N3O3. The molecule has 1 aromatic heterocycles. The van der Waals surface area contributed by atoms with E-state index < -0.39 is 6.09 Å². The molecule has 6 heteroatoms. The molecule has 4 rings (SSSR count). The van der Waals surface area contributed by atoms with E-state index in [-0.39, 0.29) is 11.2 Å². The molecule has 0 unspecified atom stereocenters. The van der Waals surface area contributed by atoms with Gasteiger partial charge in [0.15, 0.2) is 0 Å². The van der Waals surface area contributed by atoms with Gasteiger partial charge in [0.05, 0.1) is 5.41 Å². The number of phenolic OH excluding ortho intramolecular Hbond substituents is 1.